The van der Waals surface area contributed by atoms with Crippen LogP contribution in [-0.2, 0) is 9.84 Å². The van der Waals surface area contributed by atoms with E-state index in [9.17, 15) is 8.42 Å². The second-order valence-electron chi connectivity index (χ2n) is 4.86. The number of hydrogen-bond acceptors (Lipinski definition) is 5. The summed E-state index contributed by atoms with van der Waals surface area (Å²) in [5, 5.41) is 3.20. The molecule has 100 valence electrons. The smallest absolute Gasteiger partial charge is 0.247 e. The van der Waals surface area contributed by atoms with Gasteiger partial charge in [0.1, 0.15) is 0 Å². The molecule has 1 aliphatic heterocycles. The number of nitrogens with one attached hydrogen (secondary N) is 1. The van der Waals surface area contributed by atoms with Crippen molar-refractivity contribution in [1.82, 2.24) is 15.3 Å². The van der Waals surface area contributed by atoms with Gasteiger partial charge in [0, 0.05) is 17.4 Å². The van der Waals surface area contributed by atoms with Crippen molar-refractivity contribution in [2.24, 2.45) is 0 Å². The van der Waals surface area contributed by atoms with Crippen molar-refractivity contribution < 1.29 is 8.42 Å². The first-order chi connectivity index (χ1) is 8.47. The summed E-state index contributed by atoms with van der Waals surface area (Å²) in [7, 11) is -3.39. The number of aromatic nitrogens is 2. The molecule has 1 N–H and O–H groups in total. The second-order valence-corrected chi connectivity index (χ2v) is 6.79. The van der Waals surface area contributed by atoms with Crippen LogP contribution in [-0.4, -0.2) is 36.7 Å². The van der Waals surface area contributed by atoms with Crippen molar-refractivity contribution in [2.75, 3.05) is 12.3 Å². The minimum absolute atomic E-state index is 0.0348. The quantitative estimate of drug-likeness (QED) is 0.829. The Morgan fingerprint density at radius 1 is 1.28 bits per heavy atom. The fourth-order valence-corrected chi connectivity index (χ4v) is 3.77. The molecule has 0 amide bonds. The first kappa shape index (κ1) is 13.4. The molecule has 6 heteroatoms. The number of nitrogens with zero attached hydrogens (tertiary/aromatic N) is 2. The molecule has 1 aliphatic rings. The maximum atomic E-state index is 12.2. The van der Waals surface area contributed by atoms with Crippen LogP contribution < -0.4 is 5.32 Å². The lowest BCUT2D eigenvalue weighted by atomic mass is 10.1. The van der Waals surface area contributed by atoms with Crippen molar-refractivity contribution in [3.8, 4) is 0 Å². The fourth-order valence-electron chi connectivity index (χ4n) is 2.24. The van der Waals surface area contributed by atoms with E-state index in [1.54, 1.807) is 19.9 Å². The summed E-state index contributed by atoms with van der Waals surface area (Å²) in [5.41, 5.74) is 1.38. The van der Waals surface area contributed by atoms with Crippen LogP contribution in [0.4, 0.5) is 0 Å². The molecule has 18 heavy (non-hydrogen) atoms. The van der Waals surface area contributed by atoms with Crippen LogP contribution in [0.5, 0.6) is 0 Å². The third kappa shape index (κ3) is 3.26. The first-order valence-corrected chi connectivity index (χ1v) is 7.91. The van der Waals surface area contributed by atoms with Crippen molar-refractivity contribution >= 4 is 9.84 Å². The molecule has 0 bridgehead atoms. The van der Waals surface area contributed by atoms with Crippen LogP contribution in [0.3, 0.4) is 0 Å². The third-order valence-electron chi connectivity index (χ3n) is 3.07. The lowest BCUT2D eigenvalue weighted by Gasteiger charge is -2.22. The van der Waals surface area contributed by atoms with E-state index in [4.69, 9.17) is 0 Å². The summed E-state index contributed by atoms with van der Waals surface area (Å²) in [6.45, 7) is 4.47. The van der Waals surface area contributed by atoms with E-state index >= 15 is 0 Å². The number of aryl methyl sites for hydroxylation is 2. The van der Waals surface area contributed by atoms with Crippen molar-refractivity contribution in [2.45, 2.75) is 44.3 Å². The van der Waals surface area contributed by atoms with Crippen LogP contribution in [0.1, 0.15) is 30.7 Å². The Labute approximate surface area is 108 Å². The zero-order chi connectivity index (χ0) is 13.2. The number of sulfone groups is 1. The summed E-state index contributed by atoms with van der Waals surface area (Å²) in [5.74, 6) is 0.0931. The van der Waals surface area contributed by atoms with E-state index in [2.05, 4.69) is 15.3 Å². The monoisotopic (exact) mass is 269 g/mol. The van der Waals surface area contributed by atoms with Gasteiger partial charge < -0.3 is 5.32 Å². The summed E-state index contributed by atoms with van der Waals surface area (Å²) in [6, 6.07) is 1.81. The Morgan fingerprint density at radius 2 is 1.94 bits per heavy atom. The van der Waals surface area contributed by atoms with E-state index in [0.29, 0.717) is 11.4 Å². The van der Waals surface area contributed by atoms with E-state index in [-0.39, 0.29) is 17.0 Å². The van der Waals surface area contributed by atoms with E-state index in [0.717, 1.165) is 25.8 Å². The normalized spacial score (nSPS) is 20.9. The maximum Gasteiger partial charge on any atom is 0.247 e. The Kier molecular flexibility index (Phi) is 3.97. The lowest BCUT2D eigenvalue weighted by molar-refractivity contribution is 0.423. The highest BCUT2D eigenvalue weighted by Gasteiger charge is 2.25. The molecule has 1 aromatic rings. The maximum absolute atomic E-state index is 12.2. The lowest BCUT2D eigenvalue weighted by Crippen LogP contribution is -2.39. The van der Waals surface area contributed by atoms with Gasteiger partial charge in [-0.1, -0.05) is 6.42 Å². The van der Waals surface area contributed by atoms with Crippen molar-refractivity contribution in [3.63, 3.8) is 0 Å². The summed E-state index contributed by atoms with van der Waals surface area (Å²) >= 11 is 0. The van der Waals surface area contributed by atoms with Gasteiger partial charge in [-0.2, -0.15) is 0 Å². The topological polar surface area (TPSA) is 72.0 Å². The van der Waals surface area contributed by atoms with Crippen molar-refractivity contribution in [3.05, 3.63) is 17.5 Å². The van der Waals surface area contributed by atoms with E-state index < -0.39 is 9.84 Å². The van der Waals surface area contributed by atoms with Gasteiger partial charge in [-0.05, 0) is 39.3 Å². The Bertz CT molecular complexity index is 502. The molecule has 0 aromatic carbocycles. The molecule has 1 atom stereocenters. The predicted molar refractivity (Wildman–Crippen MR) is 69.2 cm³/mol. The van der Waals surface area contributed by atoms with Gasteiger partial charge in [-0.25, -0.2) is 18.4 Å². The van der Waals surface area contributed by atoms with Gasteiger partial charge in [0.05, 0.1) is 5.75 Å². The first-order valence-electron chi connectivity index (χ1n) is 6.26. The number of rotatable bonds is 3. The highest BCUT2D eigenvalue weighted by Crippen LogP contribution is 2.14. The standard InChI is InChI=1S/C12H19N3O2S/c1-9-7-10(2)15-12(14-9)18(16,17)8-11-5-3-4-6-13-11/h7,11,13H,3-6,8H2,1-2H3. The van der Waals surface area contributed by atoms with Gasteiger partial charge in [-0.3, -0.25) is 0 Å². The Balaban J connectivity index is 2.19. The molecule has 0 spiro atoms. The molecule has 1 saturated heterocycles. The second kappa shape index (κ2) is 5.32. The number of hydrogen-bond donors (Lipinski definition) is 1. The molecule has 1 fully saturated rings. The van der Waals surface area contributed by atoms with Gasteiger partial charge in [0.25, 0.3) is 0 Å². The molecule has 0 saturated carbocycles. The molecular weight excluding hydrogens is 250 g/mol. The van der Waals surface area contributed by atoms with Gasteiger partial charge in [0.15, 0.2) is 0 Å². The molecule has 0 aliphatic carbocycles. The van der Waals surface area contributed by atoms with Gasteiger partial charge in [-0.15, -0.1) is 0 Å². The highest BCUT2D eigenvalue weighted by atomic mass is 32.2. The molecule has 0 radical (unpaired) electrons. The number of piperidine rings is 1. The molecule has 2 rings (SSSR count). The van der Waals surface area contributed by atoms with Crippen LogP contribution in [0, 0.1) is 13.8 Å². The summed E-state index contributed by atoms with van der Waals surface area (Å²) < 4.78 is 24.5. The predicted octanol–water partition coefficient (Wildman–Crippen LogP) is 1.01. The van der Waals surface area contributed by atoms with E-state index in [1.165, 1.54) is 0 Å². The minimum atomic E-state index is -3.39. The van der Waals surface area contributed by atoms with Crippen LogP contribution >= 0.6 is 0 Å². The highest BCUT2D eigenvalue weighted by molar-refractivity contribution is 7.91. The average molecular weight is 269 g/mol. The summed E-state index contributed by atoms with van der Waals surface area (Å²) in [6.07, 6.45) is 3.11. The van der Waals surface area contributed by atoms with Crippen LogP contribution in [0.25, 0.3) is 0 Å². The van der Waals surface area contributed by atoms with Gasteiger partial charge >= 0.3 is 0 Å². The third-order valence-corrected chi connectivity index (χ3v) is 4.65. The Morgan fingerprint density at radius 3 is 2.50 bits per heavy atom. The molecule has 2 heterocycles. The fraction of sp³-hybridized carbons (Fsp3) is 0.667. The molecule has 5 nitrogen and oxygen atoms in total. The SMILES string of the molecule is Cc1cc(C)nc(S(=O)(=O)CC2CCCCN2)n1. The summed E-state index contributed by atoms with van der Waals surface area (Å²) in [4.78, 5) is 8.09. The minimum Gasteiger partial charge on any atom is -0.313 e. The zero-order valence-corrected chi connectivity index (χ0v) is 11.6. The van der Waals surface area contributed by atoms with E-state index in [1.807, 2.05) is 0 Å². The zero-order valence-electron chi connectivity index (χ0n) is 10.8. The van der Waals surface area contributed by atoms with Crippen LogP contribution in [0.2, 0.25) is 0 Å². The van der Waals surface area contributed by atoms with Gasteiger partial charge in [0.2, 0.25) is 15.0 Å². The molecular formula is C12H19N3O2S. The van der Waals surface area contributed by atoms with Crippen LogP contribution in [0.15, 0.2) is 11.2 Å². The van der Waals surface area contributed by atoms with Crippen molar-refractivity contribution in [1.29, 1.82) is 0 Å². The largest absolute Gasteiger partial charge is 0.313 e. The molecule has 1 aromatic heterocycles. The average Bonchev–Trinajstić information content (AvgIpc) is 2.28. The molecule has 1 unspecified atom stereocenters. The Hall–Kier alpha value is -1.01.